The Labute approximate surface area is 111 Å². The first kappa shape index (κ1) is 13.3. The molecule has 0 unspecified atom stereocenters. The Hall–Kier alpha value is -2.14. The number of nitrogens with zero attached hydrogens (tertiary/aromatic N) is 1. The predicted molar refractivity (Wildman–Crippen MR) is 75.1 cm³/mol. The molecule has 0 atom stereocenters. The van der Waals surface area contributed by atoms with E-state index < -0.39 is 0 Å². The minimum Gasteiger partial charge on any atom is -0.399 e. The normalized spacial score (nSPS) is 10.6. The average molecular weight is 259 g/mol. The second-order valence-corrected chi connectivity index (χ2v) is 4.34. The summed E-state index contributed by atoms with van der Waals surface area (Å²) in [5, 5.41) is 3.57. The van der Waals surface area contributed by atoms with E-state index in [0.29, 0.717) is 24.4 Å². The number of anilines is 1. The van der Waals surface area contributed by atoms with Gasteiger partial charge in [0, 0.05) is 30.4 Å². The summed E-state index contributed by atoms with van der Waals surface area (Å²) in [6, 6.07) is 7.14. The van der Waals surface area contributed by atoms with E-state index in [1.165, 1.54) is 0 Å². The van der Waals surface area contributed by atoms with Gasteiger partial charge >= 0.3 is 0 Å². The summed E-state index contributed by atoms with van der Waals surface area (Å²) < 4.78 is 4.91. The Morgan fingerprint density at radius 3 is 2.95 bits per heavy atom. The van der Waals surface area contributed by atoms with Gasteiger partial charge < -0.3 is 15.8 Å². The second kappa shape index (κ2) is 5.67. The van der Waals surface area contributed by atoms with Crippen LogP contribution in [-0.2, 0) is 4.74 Å². The highest BCUT2D eigenvalue weighted by molar-refractivity contribution is 6.06. The maximum absolute atomic E-state index is 12.2. The van der Waals surface area contributed by atoms with Crippen LogP contribution in [0.15, 0.2) is 24.3 Å². The molecule has 0 aliphatic rings. The van der Waals surface area contributed by atoms with Crippen LogP contribution in [0, 0.1) is 6.92 Å². The number of hydrogen-bond acceptors (Lipinski definition) is 4. The number of nitrogens with two attached hydrogens (primary N) is 1. The molecule has 0 saturated carbocycles. The molecule has 1 aromatic carbocycles. The van der Waals surface area contributed by atoms with Crippen molar-refractivity contribution >= 4 is 22.5 Å². The molecule has 0 aliphatic heterocycles. The number of aryl methyl sites for hydroxylation is 1. The number of nitrogen functional groups attached to an aromatic ring is 1. The molecule has 3 N–H and O–H groups in total. The van der Waals surface area contributed by atoms with E-state index in [2.05, 4.69) is 10.3 Å². The highest BCUT2D eigenvalue weighted by atomic mass is 16.5. The first-order chi connectivity index (χ1) is 9.11. The number of benzene rings is 1. The van der Waals surface area contributed by atoms with Crippen molar-refractivity contribution in [3.63, 3.8) is 0 Å². The number of nitrogens with one attached hydrogen (secondary N) is 1. The molecule has 0 saturated heterocycles. The fourth-order valence-corrected chi connectivity index (χ4v) is 1.93. The van der Waals surface area contributed by atoms with Gasteiger partial charge in [-0.25, -0.2) is 0 Å². The van der Waals surface area contributed by atoms with Gasteiger partial charge in [0.2, 0.25) is 0 Å². The average Bonchev–Trinajstić information content (AvgIpc) is 2.38. The summed E-state index contributed by atoms with van der Waals surface area (Å²) in [6.07, 6.45) is 0. The predicted octanol–water partition coefficient (Wildman–Crippen LogP) is 1.50. The number of hydrogen-bond donors (Lipinski definition) is 2. The van der Waals surface area contributed by atoms with Gasteiger partial charge in [0.1, 0.15) is 0 Å². The smallest absolute Gasteiger partial charge is 0.252 e. The van der Waals surface area contributed by atoms with Crippen LogP contribution in [-0.4, -0.2) is 31.2 Å². The van der Waals surface area contributed by atoms with E-state index >= 15 is 0 Å². The third-order valence-electron chi connectivity index (χ3n) is 2.80. The van der Waals surface area contributed by atoms with Crippen LogP contribution in [0.25, 0.3) is 10.9 Å². The lowest BCUT2D eigenvalue weighted by atomic mass is 10.1. The lowest BCUT2D eigenvalue weighted by Crippen LogP contribution is -2.27. The molecular formula is C14H17N3O2. The molecule has 5 heteroatoms. The number of amides is 1. The topological polar surface area (TPSA) is 77.2 Å². The van der Waals surface area contributed by atoms with E-state index in [0.717, 1.165) is 16.6 Å². The van der Waals surface area contributed by atoms with Crippen molar-refractivity contribution < 1.29 is 9.53 Å². The molecule has 2 rings (SSSR count). The van der Waals surface area contributed by atoms with Gasteiger partial charge in [-0.15, -0.1) is 0 Å². The Balaban J connectivity index is 2.40. The van der Waals surface area contributed by atoms with Crippen LogP contribution >= 0.6 is 0 Å². The van der Waals surface area contributed by atoms with Crippen LogP contribution < -0.4 is 11.1 Å². The Kier molecular flexibility index (Phi) is 3.97. The van der Waals surface area contributed by atoms with E-state index in [-0.39, 0.29) is 5.91 Å². The van der Waals surface area contributed by atoms with Gasteiger partial charge in [0.15, 0.2) is 0 Å². The number of carbonyl (C=O) groups excluding carboxylic acids is 1. The van der Waals surface area contributed by atoms with E-state index in [4.69, 9.17) is 10.5 Å². The monoisotopic (exact) mass is 259 g/mol. The zero-order chi connectivity index (χ0) is 13.8. The molecule has 0 spiro atoms. The maximum atomic E-state index is 12.2. The van der Waals surface area contributed by atoms with Crippen LogP contribution in [0.3, 0.4) is 0 Å². The summed E-state index contributed by atoms with van der Waals surface area (Å²) >= 11 is 0. The number of aromatic nitrogens is 1. The van der Waals surface area contributed by atoms with Gasteiger partial charge in [0.25, 0.3) is 5.91 Å². The Morgan fingerprint density at radius 1 is 1.42 bits per heavy atom. The summed E-state index contributed by atoms with van der Waals surface area (Å²) in [5.41, 5.74) is 8.55. The number of pyridine rings is 1. The summed E-state index contributed by atoms with van der Waals surface area (Å²) in [6.45, 7) is 2.82. The Morgan fingerprint density at radius 2 is 2.21 bits per heavy atom. The standard InChI is InChI=1S/C14H17N3O2/c1-9-7-12(14(18)16-5-6-19-2)11-8-10(15)3-4-13(11)17-9/h3-4,7-8H,5-6,15H2,1-2H3,(H,16,18). The minimum absolute atomic E-state index is 0.141. The molecule has 0 fully saturated rings. The number of ether oxygens (including phenoxy) is 1. The molecule has 0 aliphatic carbocycles. The van der Waals surface area contributed by atoms with Gasteiger partial charge in [0.05, 0.1) is 17.7 Å². The SMILES string of the molecule is COCCNC(=O)c1cc(C)nc2ccc(N)cc12. The molecule has 19 heavy (non-hydrogen) atoms. The van der Waals surface area contributed by atoms with E-state index in [9.17, 15) is 4.79 Å². The highest BCUT2D eigenvalue weighted by Crippen LogP contribution is 2.21. The number of carbonyl (C=O) groups is 1. The minimum atomic E-state index is -0.141. The van der Waals surface area contributed by atoms with Crippen LogP contribution in [0.4, 0.5) is 5.69 Å². The molecule has 1 aromatic heterocycles. The summed E-state index contributed by atoms with van der Waals surface area (Å²) in [5.74, 6) is -0.141. The molecule has 100 valence electrons. The van der Waals surface area contributed by atoms with Gasteiger partial charge in [-0.1, -0.05) is 0 Å². The molecule has 0 radical (unpaired) electrons. The van der Waals surface area contributed by atoms with E-state index in [1.807, 2.05) is 13.0 Å². The van der Waals surface area contributed by atoms with Gasteiger partial charge in [-0.3, -0.25) is 9.78 Å². The van der Waals surface area contributed by atoms with Gasteiger partial charge in [-0.2, -0.15) is 0 Å². The Bertz CT molecular complexity index is 611. The lowest BCUT2D eigenvalue weighted by molar-refractivity contribution is 0.0938. The van der Waals surface area contributed by atoms with Crippen molar-refractivity contribution in [2.75, 3.05) is 26.0 Å². The zero-order valence-corrected chi connectivity index (χ0v) is 11.1. The number of rotatable bonds is 4. The maximum Gasteiger partial charge on any atom is 0.252 e. The fraction of sp³-hybridized carbons (Fsp3) is 0.286. The number of methoxy groups -OCH3 is 1. The molecule has 2 aromatic rings. The van der Waals surface area contributed by atoms with Crippen molar-refractivity contribution in [1.82, 2.24) is 10.3 Å². The van der Waals surface area contributed by atoms with E-state index in [1.54, 1.807) is 25.3 Å². The van der Waals surface area contributed by atoms with Crippen molar-refractivity contribution in [3.8, 4) is 0 Å². The third-order valence-corrected chi connectivity index (χ3v) is 2.80. The van der Waals surface area contributed by atoms with Crippen molar-refractivity contribution in [2.45, 2.75) is 6.92 Å². The fourth-order valence-electron chi connectivity index (χ4n) is 1.93. The summed E-state index contributed by atoms with van der Waals surface area (Å²) in [4.78, 5) is 16.6. The second-order valence-electron chi connectivity index (χ2n) is 4.34. The van der Waals surface area contributed by atoms with Crippen molar-refractivity contribution in [1.29, 1.82) is 0 Å². The highest BCUT2D eigenvalue weighted by Gasteiger charge is 2.11. The van der Waals surface area contributed by atoms with Gasteiger partial charge in [-0.05, 0) is 31.2 Å². The number of fused-ring (bicyclic) bond motifs is 1. The van der Waals surface area contributed by atoms with Crippen molar-refractivity contribution in [3.05, 3.63) is 35.5 Å². The zero-order valence-electron chi connectivity index (χ0n) is 11.1. The third kappa shape index (κ3) is 3.00. The van der Waals surface area contributed by atoms with Crippen LogP contribution in [0.5, 0.6) is 0 Å². The first-order valence-electron chi connectivity index (χ1n) is 6.06. The molecule has 0 bridgehead atoms. The molecule has 5 nitrogen and oxygen atoms in total. The molecule has 1 heterocycles. The largest absolute Gasteiger partial charge is 0.399 e. The first-order valence-corrected chi connectivity index (χ1v) is 6.06. The lowest BCUT2D eigenvalue weighted by Gasteiger charge is -2.09. The van der Waals surface area contributed by atoms with Crippen LogP contribution in [0.1, 0.15) is 16.1 Å². The van der Waals surface area contributed by atoms with Crippen molar-refractivity contribution in [2.24, 2.45) is 0 Å². The molecular weight excluding hydrogens is 242 g/mol. The van der Waals surface area contributed by atoms with Crippen LogP contribution in [0.2, 0.25) is 0 Å². The summed E-state index contributed by atoms with van der Waals surface area (Å²) in [7, 11) is 1.60. The molecule has 1 amide bonds. The quantitative estimate of drug-likeness (QED) is 0.644.